The maximum atomic E-state index is 11.9. The molecule has 1 aromatic carbocycles. The number of amides is 1. The predicted octanol–water partition coefficient (Wildman–Crippen LogP) is 3.72. The van der Waals surface area contributed by atoms with Crippen molar-refractivity contribution in [2.24, 2.45) is 5.18 Å². The average molecular weight is 294 g/mol. The van der Waals surface area contributed by atoms with E-state index in [9.17, 15) is 9.70 Å². The number of hydrogen-bond acceptors (Lipinski definition) is 5. The number of hydrogen-bond donors (Lipinski definition) is 0. The number of likely N-dealkylation sites (N-methyl/N-ethyl adjacent to an activating group) is 1. The van der Waals surface area contributed by atoms with Crippen molar-refractivity contribution >= 4 is 11.8 Å². The van der Waals surface area contributed by atoms with Crippen LogP contribution in [0.25, 0.3) is 0 Å². The normalized spacial score (nSPS) is 10.9. The second-order valence-electron chi connectivity index (χ2n) is 5.49. The highest BCUT2D eigenvalue weighted by Crippen LogP contribution is 2.17. The molecule has 1 rings (SSSR count). The molecule has 0 bridgehead atoms. The topological polar surface area (TPSA) is 68.2 Å². The summed E-state index contributed by atoms with van der Waals surface area (Å²) in [5.74, 6) is 0.627. The number of benzene rings is 1. The van der Waals surface area contributed by atoms with Crippen molar-refractivity contribution in [2.75, 3.05) is 19.7 Å². The number of nitrogens with zero attached hydrogens (tertiary/aromatic N) is 2. The average Bonchev–Trinajstić information content (AvgIpc) is 2.42. The van der Waals surface area contributed by atoms with Crippen molar-refractivity contribution < 1.29 is 14.3 Å². The van der Waals surface area contributed by atoms with Gasteiger partial charge in [0, 0.05) is 6.54 Å². The molecule has 0 saturated carbocycles. The van der Waals surface area contributed by atoms with E-state index in [4.69, 9.17) is 9.47 Å². The number of nitroso groups, excluding NO2 is 1. The molecule has 0 aliphatic rings. The summed E-state index contributed by atoms with van der Waals surface area (Å²) in [6.07, 6.45) is -0.353. The zero-order valence-corrected chi connectivity index (χ0v) is 13.0. The fraction of sp³-hybridized carbons (Fsp3) is 0.533. The van der Waals surface area contributed by atoms with Gasteiger partial charge in [-0.25, -0.2) is 4.79 Å². The van der Waals surface area contributed by atoms with Gasteiger partial charge in [-0.05, 0) is 57.1 Å². The predicted molar refractivity (Wildman–Crippen MR) is 80.9 cm³/mol. The standard InChI is InChI=1S/C15H22N2O4/c1-5-17(14(18)21-15(2,3)4)10-11-20-13-8-6-12(16-19)7-9-13/h6-9H,5,10-11H2,1-4H3. The highest BCUT2D eigenvalue weighted by Gasteiger charge is 2.20. The van der Waals surface area contributed by atoms with Crippen LogP contribution in [0, 0.1) is 4.91 Å². The van der Waals surface area contributed by atoms with Crippen molar-refractivity contribution in [1.29, 1.82) is 0 Å². The van der Waals surface area contributed by atoms with Gasteiger partial charge >= 0.3 is 6.09 Å². The van der Waals surface area contributed by atoms with Crippen molar-refractivity contribution in [3.63, 3.8) is 0 Å². The Kier molecular flexibility index (Phi) is 6.14. The number of carbonyl (C=O) groups excluding carboxylic acids is 1. The largest absolute Gasteiger partial charge is 0.492 e. The van der Waals surface area contributed by atoms with E-state index in [-0.39, 0.29) is 6.09 Å². The van der Waals surface area contributed by atoms with Gasteiger partial charge in [0.2, 0.25) is 0 Å². The lowest BCUT2D eigenvalue weighted by atomic mass is 10.2. The molecule has 1 aromatic rings. The van der Waals surface area contributed by atoms with Crippen LogP contribution < -0.4 is 4.74 Å². The van der Waals surface area contributed by atoms with E-state index >= 15 is 0 Å². The summed E-state index contributed by atoms with van der Waals surface area (Å²) in [6.45, 7) is 8.70. The lowest BCUT2D eigenvalue weighted by Crippen LogP contribution is -2.38. The van der Waals surface area contributed by atoms with Gasteiger partial charge in [0.15, 0.2) is 0 Å². The van der Waals surface area contributed by atoms with Gasteiger partial charge < -0.3 is 14.4 Å². The molecule has 21 heavy (non-hydrogen) atoms. The highest BCUT2D eigenvalue weighted by atomic mass is 16.6. The van der Waals surface area contributed by atoms with Gasteiger partial charge in [-0.1, -0.05) is 0 Å². The minimum atomic E-state index is -0.511. The fourth-order valence-electron chi connectivity index (χ4n) is 1.58. The monoisotopic (exact) mass is 294 g/mol. The smallest absolute Gasteiger partial charge is 0.410 e. The maximum absolute atomic E-state index is 11.9. The van der Waals surface area contributed by atoms with E-state index in [1.54, 1.807) is 29.2 Å². The van der Waals surface area contributed by atoms with Crippen LogP contribution in [0.5, 0.6) is 5.75 Å². The number of ether oxygens (including phenoxy) is 2. The van der Waals surface area contributed by atoms with Crippen LogP contribution in [0.15, 0.2) is 29.4 Å². The lowest BCUT2D eigenvalue weighted by Gasteiger charge is -2.26. The molecule has 0 heterocycles. The molecular formula is C15H22N2O4. The van der Waals surface area contributed by atoms with Crippen LogP contribution >= 0.6 is 0 Å². The molecule has 0 atom stereocenters. The van der Waals surface area contributed by atoms with Gasteiger partial charge in [-0.15, -0.1) is 4.91 Å². The second kappa shape index (κ2) is 7.61. The van der Waals surface area contributed by atoms with E-state index in [1.807, 2.05) is 27.7 Å². The third-order valence-corrected chi connectivity index (χ3v) is 2.61. The molecule has 0 radical (unpaired) electrons. The summed E-state index contributed by atoms with van der Waals surface area (Å²) in [5, 5.41) is 2.82. The molecule has 6 nitrogen and oxygen atoms in total. The second-order valence-corrected chi connectivity index (χ2v) is 5.49. The molecule has 0 unspecified atom stereocenters. The van der Waals surface area contributed by atoms with E-state index in [0.29, 0.717) is 31.1 Å². The lowest BCUT2D eigenvalue weighted by molar-refractivity contribution is 0.0237. The van der Waals surface area contributed by atoms with Crippen LogP contribution in [0.1, 0.15) is 27.7 Å². The van der Waals surface area contributed by atoms with Crippen molar-refractivity contribution in [3.8, 4) is 5.75 Å². The summed E-state index contributed by atoms with van der Waals surface area (Å²) < 4.78 is 10.8. The van der Waals surface area contributed by atoms with Crippen molar-refractivity contribution in [3.05, 3.63) is 29.2 Å². The zero-order valence-electron chi connectivity index (χ0n) is 13.0. The first kappa shape index (κ1) is 16.9. The summed E-state index contributed by atoms with van der Waals surface area (Å²) in [7, 11) is 0. The molecule has 6 heteroatoms. The van der Waals surface area contributed by atoms with E-state index in [0.717, 1.165) is 0 Å². The minimum Gasteiger partial charge on any atom is -0.492 e. The van der Waals surface area contributed by atoms with E-state index in [2.05, 4.69) is 5.18 Å². The van der Waals surface area contributed by atoms with Gasteiger partial charge in [-0.3, -0.25) is 0 Å². The Labute approximate surface area is 125 Å². The molecule has 0 N–H and O–H groups in total. The fourth-order valence-corrected chi connectivity index (χ4v) is 1.58. The quantitative estimate of drug-likeness (QED) is 0.750. The van der Waals surface area contributed by atoms with Crippen molar-refractivity contribution in [2.45, 2.75) is 33.3 Å². The number of carbonyl (C=O) groups is 1. The van der Waals surface area contributed by atoms with Gasteiger partial charge in [0.25, 0.3) is 0 Å². The zero-order chi connectivity index (χ0) is 15.9. The molecule has 116 valence electrons. The first-order valence-corrected chi connectivity index (χ1v) is 6.90. The van der Waals surface area contributed by atoms with Crippen LogP contribution in [0.3, 0.4) is 0 Å². The number of rotatable bonds is 6. The Bertz CT molecular complexity index is 466. The molecule has 0 saturated heterocycles. The summed E-state index contributed by atoms with van der Waals surface area (Å²) in [5.41, 5.74) is -0.158. The van der Waals surface area contributed by atoms with Crippen LogP contribution in [-0.4, -0.2) is 36.3 Å². The Morgan fingerprint density at radius 3 is 2.33 bits per heavy atom. The van der Waals surface area contributed by atoms with E-state index < -0.39 is 5.60 Å². The van der Waals surface area contributed by atoms with Gasteiger partial charge in [0.1, 0.15) is 23.6 Å². The maximum Gasteiger partial charge on any atom is 0.410 e. The van der Waals surface area contributed by atoms with Crippen LogP contribution in [0.4, 0.5) is 10.5 Å². The molecular weight excluding hydrogens is 272 g/mol. The van der Waals surface area contributed by atoms with Crippen LogP contribution in [0.2, 0.25) is 0 Å². The third kappa shape index (κ3) is 6.25. The Balaban J connectivity index is 2.44. The SMILES string of the molecule is CCN(CCOc1ccc(N=O)cc1)C(=O)OC(C)(C)C. The minimum absolute atomic E-state index is 0.348. The van der Waals surface area contributed by atoms with Gasteiger partial charge in [-0.2, -0.15) is 0 Å². The summed E-state index contributed by atoms with van der Waals surface area (Å²) in [4.78, 5) is 23.8. The molecule has 0 aromatic heterocycles. The Morgan fingerprint density at radius 2 is 1.86 bits per heavy atom. The molecule has 0 fully saturated rings. The van der Waals surface area contributed by atoms with Crippen molar-refractivity contribution in [1.82, 2.24) is 4.90 Å². The molecule has 1 amide bonds. The molecule has 0 spiro atoms. The summed E-state index contributed by atoms with van der Waals surface area (Å²) >= 11 is 0. The summed E-state index contributed by atoms with van der Waals surface area (Å²) in [6, 6.07) is 6.49. The molecule has 0 aliphatic heterocycles. The third-order valence-electron chi connectivity index (χ3n) is 2.61. The van der Waals surface area contributed by atoms with Crippen LogP contribution in [-0.2, 0) is 4.74 Å². The highest BCUT2D eigenvalue weighted by molar-refractivity contribution is 5.68. The van der Waals surface area contributed by atoms with Gasteiger partial charge in [0.05, 0.1) is 6.54 Å². The Morgan fingerprint density at radius 1 is 1.24 bits per heavy atom. The first-order chi connectivity index (χ1) is 9.85. The first-order valence-electron chi connectivity index (χ1n) is 6.90. The van der Waals surface area contributed by atoms with E-state index in [1.165, 1.54) is 0 Å². The Hall–Kier alpha value is -2.11. The molecule has 0 aliphatic carbocycles.